The predicted octanol–water partition coefficient (Wildman–Crippen LogP) is 3.16. The van der Waals surface area contributed by atoms with Crippen molar-refractivity contribution in [1.29, 1.82) is 0 Å². The lowest BCUT2D eigenvalue weighted by Gasteiger charge is -2.24. The molecule has 0 bridgehead atoms. The summed E-state index contributed by atoms with van der Waals surface area (Å²) < 4.78 is 5.34. The van der Waals surface area contributed by atoms with Crippen LogP contribution in [0.5, 0.6) is 0 Å². The molecule has 27 heavy (non-hydrogen) atoms. The van der Waals surface area contributed by atoms with Crippen LogP contribution >= 0.6 is 11.3 Å². The molecule has 1 aromatic rings. The van der Waals surface area contributed by atoms with Crippen LogP contribution in [0.1, 0.15) is 56.1 Å². The van der Waals surface area contributed by atoms with Gasteiger partial charge in [0.1, 0.15) is 5.60 Å². The Bertz CT molecular complexity index is 603. The Morgan fingerprint density at radius 3 is 2.52 bits per heavy atom. The summed E-state index contributed by atoms with van der Waals surface area (Å²) in [6.45, 7) is 13.1. The molecule has 7 nitrogen and oxygen atoms in total. The van der Waals surface area contributed by atoms with Gasteiger partial charge in [0.15, 0.2) is 5.96 Å². The zero-order valence-electron chi connectivity index (χ0n) is 17.7. The lowest BCUT2D eigenvalue weighted by Crippen LogP contribution is -2.48. The molecule has 154 valence electrons. The molecule has 3 N–H and O–H groups in total. The lowest BCUT2D eigenvalue weighted by molar-refractivity contribution is 0.0502. The number of thiazole rings is 1. The number of aryl methyl sites for hydroxylation is 2. The first-order valence-corrected chi connectivity index (χ1v) is 10.3. The Morgan fingerprint density at radius 2 is 2.00 bits per heavy atom. The number of alkyl carbamates (subject to hydrolysis) is 1. The fraction of sp³-hybridized carbons (Fsp3) is 0.737. The number of carbonyl (C=O) groups excluding carboxylic acids is 1. The van der Waals surface area contributed by atoms with Crippen LogP contribution in [-0.4, -0.2) is 48.8 Å². The zero-order valence-corrected chi connectivity index (χ0v) is 18.5. The third-order valence-electron chi connectivity index (χ3n) is 3.80. The maximum atomic E-state index is 12.0. The summed E-state index contributed by atoms with van der Waals surface area (Å²) in [6, 6.07) is -0.0207. The molecule has 0 fully saturated rings. The van der Waals surface area contributed by atoms with E-state index in [1.54, 1.807) is 18.4 Å². The van der Waals surface area contributed by atoms with Crippen molar-refractivity contribution in [2.24, 2.45) is 4.99 Å². The predicted molar refractivity (Wildman–Crippen MR) is 113 cm³/mol. The van der Waals surface area contributed by atoms with E-state index in [1.165, 1.54) is 4.88 Å². The van der Waals surface area contributed by atoms with Crippen LogP contribution in [0.15, 0.2) is 4.99 Å². The van der Waals surface area contributed by atoms with E-state index in [4.69, 9.17) is 4.74 Å². The van der Waals surface area contributed by atoms with E-state index >= 15 is 0 Å². The van der Waals surface area contributed by atoms with Crippen molar-refractivity contribution in [1.82, 2.24) is 20.9 Å². The number of aliphatic imine (C=N–C) groups is 1. The SMILES string of the molecule is CCCC(CNC(=NC)NCCc1nc(C)c(C)s1)NC(=O)OC(C)(C)C. The highest BCUT2D eigenvalue weighted by atomic mass is 32.1. The topological polar surface area (TPSA) is 87.6 Å². The average Bonchev–Trinajstić information content (AvgIpc) is 2.87. The first-order chi connectivity index (χ1) is 12.6. The van der Waals surface area contributed by atoms with Crippen molar-refractivity contribution in [3.63, 3.8) is 0 Å². The highest BCUT2D eigenvalue weighted by molar-refractivity contribution is 7.11. The smallest absolute Gasteiger partial charge is 0.407 e. The molecule has 1 atom stereocenters. The van der Waals surface area contributed by atoms with E-state index in [0.29, 0.717) is 12.5 Å². The first-order valence-electron chi connectivity index (χ1n) is 9.51. The molecule has 0 saturated carbocycles. The van der Waals surface area contributed by atoms with Crippen LogP contribution in [0.2, 0.25) is 0 Å². The van der Waals surface area contributed by atoms with Gasteiger partial charge in [-0.3, -0.25) is 4.99 Å². The second-order valence-corrected chi connectivity index (χ2v) is 8.80. The lowest BCUT2D eigenvalue weighted by atomic mass is 10.1. The van der Waals surface area contributed by atoms with Gasteiger partial charge < -0.3 is 20.7 Å². The minimum atomic E-state index is -0.502. The average molecular weight is 398 g/mol. The number of rotatable bonds is 8. The summed E-state index contributed by atoms with van der Waals surface area (Å²) in [7, 11) is 1.74. The fourth-order valence-corrected chi connectivity index (χ4v) is 3.36. The first kappa shape index (κ1) is 23.2. The molecule has 0 aromatic carbocycles. The van der Waals surface area contributed by atoms with Gasteiger partial charge in [-0.2, -0.15) is 0 Å². The molecule has 1 heterocycles. The summed E-state index contributed by atoms with van der Waals surface area (Å²) >= 11 is 1.74. The largest absolute Gasteiger partial charge is 0.444 e. The molecule has 0 aliphatic heterocycles. The molecular formula is C19H35N5O2S. The highest BCUT2D eigenvalue weighted by Gasteiger charge is 2.19. The third-order valence-corrected chi connectivity index (χ3v) is 4.93. The number of nitrogens with zero attached hydrogens (tertiary/aromatic N) is 2. The maximum Gasteiger partial charge on any atom is 0.407 e. The molecule has 0 aliphatic carbocycles. The number of amides is 1. The molecule has 0 spiro atoms. The zero-order chi connectivity index (χ0) is 20.4. The molecule has 1 amide bonds. The summed E-state index contributed by atoms with van der Waals surface area (Å²) in [5.41, 5.74) is 0.603. The summed E-state index contributed by atoms with van der Waals surface area (Å²) in [6.07, 6.45) is 2.30. The van der Waals surface area contributed by atoms with Gasteiger partial charge in [-0.15, -0.1) is 11.3 Å². The Balaban J connectivity index is 2.43. The molecule has 8 heteroatoms. The standard InChI is InChI=1S/C19H35N5O2S/c1-8-9-15(24-18(25)26-19(4,5)6)12-22-17(20-7)21-11-10-16-23-13(2)14(3)27-16/h15H,8-12H2,1-7H3,(H,24,25)(H2,20,21,22). The Morgan fingerprint density at radius 1 is 1.30 bits per heavy atom. The van der Waals surface area contributed by atoms with Crippen LogP contribution < -0.4 is 16.0 Å². The quantitative estimate of drug-likeness (QED) is 0.463. The minimum Gasteiger partial charge on any atom is -0.444 e. The van der Waals surface area contributed by atoms with Crippen molar-refractivity contribution in [2.45, 2.75) is 72.4 Å². The third kappa shape index (κ3) is 9.60. The number of guanidine groups is 1. The normalized spacial score (nSPS) is 13.2. The van der Waals surface area contributed by atoms with Gasteiger partial charge in [-0.1, -0.05) is 13.3 Å². The van der Waals surface area contributed by atoms with Gasteiger partial charge >= 0.3 is 6.09 Å². The number of hydrogen-bond donors (Lipinski definition) is 3. The van der Waals surface area contributed by atoms with Crippen LogP contribution in [0.3, 0.4) is 0 Å². The Hall–Kier alpha value is -1.83. The van der Waals surface area contributed by atoms with E-state index in [1.807, 2.05) is 27.7 Å². The second-order valence-electron chi connectivity index (χ2n) is 7.51. The Kier molecular flexibility index (Phi) is 9.55. The van der Waals surface area contributed by atoms with Crippen molar-refractivity contribution in [3.8, 4) is 0 Å². The second kappa shape index (κ2) is 11.1. The molecule has 0 radical (unpaired) electrons. The number of aromatic nitrogens is 1. The van der Waals surface area contributed by atoms with Crippen molar-refractivity contribution in [2.75, 3.05) is 20.1 Å². The van der Waals surface area contributed by atoms with Crippen molar-refractivity contribution < 1.29 is 9.53 Å². The number of carbonyl (C=O) groups is 1. The fourth-order valence-electron chi connectivity index (χ4n) is 2.42. The van der Waals surface area contributed by atoms with Gasteiger partial charge in [0.05, 0.1) is 10.7 Å². The van der Waals surface area contributed by atoms with Crippen molar-refractivity contribution in [3.05, 3.63) is 15.6 Å². The Labute approximate surface area is 167 Å². The van der Waals surface area contributed by atoms with Crippen LogP contribution in [-0.2, 0) is 11.2 Å². The van der Waals surface area contributed by atoms with Gasteiger partial charge in [0.2, 0.25) is 0 Å². The molecule has 1 rings (SSSR count). The number of hydrogen-bond acceptors (Lipinski definition) is 5. The van der Waals surface area contributed by atoms with Crippen LogP contribution in [0, 0.1) is 13.8 Å². The van der Waals surface area contributed by atoms with Crippen LogP contribution in [0.4, 0.5) is 4.79 Å². The van der Waals surface area contributed by atoms with Gasteiger partial charge in [0, 0.05) is 37.5 Å². The maximum absolute atomic E-state index is 12.0. The van der Waals surface area contributed by atoms with E-state index in [0.717, 1.165) is 36.5 Å². The van der Waals surface area contributed by atoms with E-state index in [2.05, 4.69) is 39.8 Å². The molecule has 0 aliphatic rings. The molecule has 0 saturated heterocycles. The van der Waals surface area contributed by atoms with Gasteiger partial charge in [0.25, 0.3) is 0 Å². The summed E-state index contributed by atoms with van der Waals surface area (Å²) in [5.74, 6) is 0.715. The van der Waals surface area contributed by atoms with E-state index < -0.39 is 5.60 Å². The summed E-state index contributed by atoms with van der Waals surface area (Å²) in [4.78, 5) is 22.1. The van der Waals surface area contributed by atoms with Crippen molar-refractivity contribution >= 4 is 23.4 Å². The minimum absolute atomic E-state index is 0.0207. The highest BCUT2D eigenvalue weighted by Crippen LogP contribution is 2.16. The summed E-state index contributed by atoms with van der Waals surface area (Å²) in [5, 5.41) is 10.6. The molecular weight excluding hydrogens is 362 g/mol. The van der Waals surface area contributed by atoms with Gasteiger partial charge in [-0.25, -0.2) is 9.78 Å². The van der Waals surface area contributed by atoms with Gasteiger partial charge in [-0.05, 0) is 41.0 Å². The molecule has 1 aromatic heterocycles. The molecule has 1 unspecified atom stereocenters. The van der Waals surface area contributed by atoms with E-state index in [-0.39, 0.29) is 12.1 Å². The monoisotopic (exact) mass is 397 g/mol. The number of nitrogens with one attached hydrogen (secondary N) is 3. The number of ether oxygens (including phenoxy) is 1. The van der Waals surface area contributed by atoms with Crippen LogP contribution in [0.25, 0.3) is 0 Å². The van der Waals surface area contributed by atoms with E-state index in [9.17, 15) is 4.79 Å².